The van der Waals surface area contributed by atoms with Crippen molar-refractivity contribution in [1.82, 2.24) is 15.1 Å². The molecule has 0 spiro atoms. The van der Waals surface area contributed by atoms with E-state index in [9.17, 15) is 9.59 Å². The van der Waals surface area contributed by atoms with Gasteiger partial charge < -0.3 is 9.80 Å². The summed E-state index contributed by atoms with van der Waals surface area (Å²) < 4.78 is 0. The number of allylic oxidation sites excluding steroid dienone is 1. The molecule has 2 heterocycles. The molecule has 3 unspecified atom stereocenters. The van der Waals surface area contributed by atoms with Gasteiger partial charge in [0.25, 0.3) is 5.91 Å². The highest BCUT2D eigenvalue weighted by atomic mass is 32.2. The number of nitrogens with one attached hydrogen (secondary N) is 1. The number of amidine groups is 1. The van der Waals surface area contributed by atoms with Crippen molar-refractivity contribution < 1.29 is 9.59 Å². The maximum atomic E-state index is 12.2. The lowest BCUT2D eigenvalue weighted by atomic mass is 10.1. The fraction of sp³-hybridized carbons (Fsp3) is 0.643. The summed E-state index contributed by atoms with van der Waals surface area (Å²) in [5, 5.41) is 3.65. The van der Waals surface area contributed by atoms with Crippen molar-refractivity contribution in [3.05, 3.63) is 12.2 Å². The highest BCUT2D eigenvalue weighted by molar-refractivity contribution is 8.14. The third kappa shape index (κ3) is 3.07. The fourth-order valence-electron chi connectivity index (χ4n) is 2.27. The van der Waals surface area contributed by atoms with Gasteiger partial charge in [0.05, 0.1) is 0 Å². The van der Waals surface area contributed by atoms with Crippen molar-refractivity contribution in [2.24, 2.45) is 4.99 Å². The maximum absolute atomic E-state index is 12.2. The number of hydrogen-bond acceptors (Lipinski definition) is 5. The molecule has 1 fully saturated rings. The second kappa shape index (κ2) is 6.51. The van der Waals surface area contributed by atoms with E-state index in [1.165, 1.54) is 4.90 Å². The van der Waals surface area contributed by atoms with Crippen molar-refractivity contribution in [2.45, 2.75) is 44.6 Å². The molecular formula is C14H22N4O2S. The first-order chi connectivity index (χ1) is 9.99. The van der Waals surface area contributed by atoms with E-state index in [0.717, 1.165) is 11.6 Å². The Balaban J connectivity index is 2.28. The van der Waals surface area contributed by atoms with Crippen LogP contribution in [0.1, 0.15) is 27.2 Å². The molecule has 2 aliphatic heterocycles. The number of fused-ring (bicyclic) bond motifs is 1. The molecule has 1 N–H and O–H groups in total. The first-order valence-electron chi connectivity index (χ1n) is 7.19. The summed E-state index contributed by atoms with van der Waals surface area (Å²) in [4.78, 5) is 32.1. The summed E-state index contributed by atoms with van der Waals surface area (Å²) in [5.74, 6) is -0.267. The van der Waals surface area contributed by atoms with Gasteiger partial charge in [-0.1, -0.05) is 37.8 Å². The average molecular weight is 310 g/mol. The predicted molar refractivity (Wildman–Crippen MR) is 85.2 cm³/mol. The molecule has 3 atom stereocenters. The molecule has 116 valence electrons. The predicted octanol–water partition coefficient (Wildman–Crippen LogP) is 1.64. The molecule has 0 aliphatic carbocycles. The number of thioether (sulfide) groups is 1. The number of aliphatic imine (C=N–C) groups is 1. The Morgan fingerprint density at radius 1 is 1.48 bits per heavy atom. The van der Waals surface area contributed by atoms with Gasteiger partial charge in [0.2, 0.25) is 0 Å². The maximum Gasteiger partial charge on any atom is 0.325 e. The summed E-state index contributed by atoms with van der Waals surface area (Å²) in [6.07, 6.45) is 4.55. The van der Waals surface area contributed by atoms with Gasteiger partial charge in [-0.05, 0) is 13.3 Å². The molecule has 0 aromatic rings. The smallest absolute Gasteiger partial charge is 0.325 e. The Bertz CT molecular complexity index is 491. The number of nitrogens with zero attached hydrogens (tertiary/aromatic N) is 3. The monoisotopic (exact) mass is 310 g/mol. The van der Waals surface area contributed by atoms with E-state index in [1.807, 2.05) is 24.0 Å². The number of rotatable bonds is 4. The van der Waals surface area contributed by atoms with E-state index in [2.05, 4.69) is 24.2 Å². The molecule has 0 aromatic carbocycles. The van der Waals surface area contributed by atoms with Crippen LogP contribution in [0.4, 0.5) is 4.79 Å². The number of amides is 3. The highest BCUT2D eigenvalue weighted by Crippen LogP contribution is 2.30. The van der Waals surface area contributed by atoms with Crippen molar-refractivity contribution in [1.29, 1.82) is 0 Å². The van der Waals surface area contributed by atoms with Gasteiger partial charge in [0.1, 0.15) is 0 Å². The van der Waals surface area contributed by atoms with Crippen LogP contribution in [0.2, 0.25) is 0 Å². The molecule has 0 bridgehead atoms. The van der Waals surface area contributed by atoms with E-state index < -0.39 is 12.2 Å². The first-order valence-corrected chi connectivity index (χ1v) is 8.07. The van der Waals surface area contributed by atoms with Crippen LogP contribution < -0.4 is 5.32 Å². The number of imide groups is 1. The average Bonchev–Trinajstić information content (AvgIpc) is 2.81. The number of carbonyl (C=O) groups excluding carboxylic acids is 2. The van der Waals surface area contributed by atoms with Crippen LogP contribution in [-0.4, -0.2) is 58.0 Å². The third-order valence-corrected chi connectivity index (χ3v) is 5.03. The second-order valence-electron chi connectivity index (χ2n) is 5.23. The molecule has 0 saturated carbocycles. The molecule has 1 saturated heterocycles. The van der Waals surface area contributed by atoms with Crippen molar-refractivity contribution in [3.8, 4) is 0 Å². The zero-order valence-corrected chi connectivity index (χ0v) is 13.7. The minimum atomic E-state index is -0.435. The van der Waals surface area contributed by atoms with E-state index in [1.54, 1.807) is 18.8 Å². The lowest BCUT2D eigenvalue weighted by Crippen LogP contribution is -2.63. The summed E-state index contributed by atoms with van der Waals surface area (Å²) in [6, 6.07) is -0.818. The van der Waals surface area contributed by atoms with Crippen molar-refractivity contribution in [2.75, 3.05) is 13.6 Å². The SMILES string of the molecule is C/C=C/CN1C(SC(C)CC)=NC2C1C(=O)NC(=O)N2C. The first kappa shape index (κ1) is 15.9. The minimum absolute atomic E-state index is 0.267. The normalized spacial score (nSPS) is 27.0. The Labute approximate surface area is 129 Å². The van der Waals surface area contributed by atoms with Crippen molar-refractivity contribution in [3.63, 3.8) is 0 Å². The Kier molecular flexibility index (Phi) is 4.92. The summed E-state index contributed by atoms with van der Waals surface area (Å²) in [7, 11) is 1.67. The Hall–Kier alpha value is -1.50. The number of urea groups is 1. The Morgan fingerprint density at radius 2 is 2.19 bits per heavy atom. The highest BCUT2D eigenvalue weighted by Gasteiger charge is 2.48. The summed E-state index contributed by atoms with van der Waals surface area (Å²) >= 11 is 1.66. The topological polar surface area (TPSA) is 65.0 Å². The number of likely N-dealkylation sites (N-methyl/N-ethyl adjacent to an activating group) is 1. The third-order valence-electron chi connectivity index (χ3n) is 3.74. The van der Waals surface area contributed by atoms with Gasteiger partial charge in [-0.2, -0.15) is 0 Å². The van der Waals surface area contributed by atoms with Gasteiger partial charge in [-0.25, -0.2) is 9.79 Å². The fourth-order valence-corrected chi connectivity index (χ4v) is 3.29. The van der Waals surface area contributed by atoms with Crippen LogP contribution in [0.3, 0.4) is 0 Å². The van der Waals surface area contributed by atoms with Crippen LogP contribution >= 0.6 is 11.8 Å². The van der Waals surface area contributed by atoms with Gasteiger partial charge in [0.15, 0.2) is 17.4 Å². The molecule has 3 amide bonds. The van der Waals surface area contributed by atoms with Gasteiger partial charge >= 0.3 is 6.03 Å². The van der Waals surface area contributed by atoms with Crippen LogP contribution in [0.15, 0.2) is 17.1 Å². The van der Waals surface area contributed by atoms with Gasteiger partial charge in [-0.15, -0.1) is 0 Å². The van der Waals surface area contributed by atoms with E-state index in [4.69, 9.17) is 0 Å². The van der Waals surface area contributed by atoms with E-state index >= 15 is 0 Å². The van der Waals surface area contributed by atoms with Gasteiger partial charge in [0, 0.05) is 18.8 Å². The molecule has 21 heavy (non-hydrogen) atoms. The minimum Gasteiger partial charge on any atom is -0.332 e. The second-order valence-corrected chi connectivity index (χ2v) is 6.64. The molecule has 2 aliphatic rings. The lowest BCUT2D eigenvalue weighted by molar-refractivity contribution is -0.126. The standard InChI is InChI=1S/C14H22N4O2S/c1-5-7-8-18-10-11(15-14(18)21-9(3)6-2)17(4)13(20)16-12(10)19/h5,7,9-11H,6,8H2,1-4H3,(H,16,19,20)/b7-5+. The molecule has 2 rings (SSSR count). The molecule has 6 nitrogen and oxygen atoms in total. The summed E-state index contributed by atoms with van der Waals surface area (Å²) in [6.45, 7) is 6.83. The molecule has 0 aromatic heterocycles. The van der Waals surface area contributed by atoms with E-state index in [-0.39, 0.29) is 11.9 Å². The summed E-state index contributed by atoms with van der Waals surface area (Å²) in [5.41, 5.74) is 0. The van der Waals surface area contributed by atoms with Crippen LogP contribution in [0.5, 0.6) is 0 Å². The number of carbonyl (C=O) groups is 2. The quantitative estimate of drug-likeness (QED) is 0.802. The number of hydrogen-bond donors (Lipinski definition) is 1. The zero-order chi connectivity index (χ0) is 15.6. The van der Waals surface area contributed by atoms with E-state index in [0.29, 0.717) is 11.8 Å². The van der Waals surface area contributed by atoms with Crippen molar-refractivity contribution >= 4 is 28.9 Å². The van der Waals surface area contributed by atoms with Crippen LogP contribution in [-0.2, 0) is 4.79 Å². The van der Waals surface area contributed by atoms with Crippen LogP contribution in [0, 0.1) is 0 Å². The lowest BCUT2D eigenvalue weighted by Gasteiger charge is -2.35. The largest absolute Gasteiger partial charge is 0.332 e. The Morgan fingerprint density at radius 3 is 2.81 bits per heavy atom. The zero-order valence-electron chi connectivity index (χ0n) is 12.9. The van der Waals surface area contributed by atoms with Gasteiger partial charge in [-0.3, -0.25) is 10.1 Å². The molecule has 0 radical (unpaired) electrons. The molecular weight excluding hydrogens is 288 g/mol. The molecule has 7 heteroatoms. The van der Waals surface area contributed by atoms with Crippen LogP contribution in [0.25, 0.3) is 0 Å².